The van der Waals surface area contributed by atoms with Crippen molar-refractivity contribution in [3.63, 3.8) is 0 Å². The highest BCUT2D eigenvalue weighted by atomic mass is 16.6. The molecule has 78 heavy (non-hydrogen) atoms. The van der Waals surface area contributed by atoms with E-state index in [1.807, 2.05) is 0 Å². The maximum atomic E-state index is 14.0. The predicted octanol–water partition coefficient (Wildman–Crippen LogP) is 5.63. The topological polar surface area (TPSA) is 335 Å². The molecule has 1 fully saturated rings. The van der Waals surface area contributed by atoms with Crippen LogP contribution in [0.2, 0.25) is 0 Å². The highest BCUT2D eigenvalue weighted by Gasteiger charge is 2.48. The summed E-state index contributed by atoms with van der Waals surface area (Å²) in [4.78, 5) is 91.0. The van der Waals surface area contributed by atoms with Gasteiger partial charge in [0, 0.05) is 26.2 Å². The molecule has 1 rings (SSSR count). The maximum absolute atomic E-state index is 14.0. The first-order valence-corrected chi connectivity index (χ1v) is 29.6. The van der Waals surface area contributed by atoms with Crippen LogP contribution in [0.3, 0.4) is 0 Å². The van der Waals surface area contributed by atoms with Crippen molar-refractivity contribution in [1.82, 2.24) is 16.0 Å². The van der Waals surface area contributed by atoms with E-state index in [1.165, 1.54) is 130 Å². The molecular weight excluding hydrogens is 1010 g/mol. The summed E-state index contributed by atoms with van der Waals surface area (Å²) < 4.78 is 27.7. The Bertz CT molecular complexity index is 1690. The lowest BCUT2D eigenvalue weighted by molar-refractivity contribution is -0.269. The number of hydrogen-bond acceptors (Lipinski definition) is 17. The van der Waals surface area contributed by atoms with Crippen LogP contribution in [0.1, 0.15) is 234 Å². The fourth-order valence-electron chi connectivity index (χ4n) is 9.43. The third-order valence-corrected chi connectivity index (χ3v) is 14.2. The van der Waals surface area contributed by atoms with Crippen molar-refractivity contribution < 1.29 is 77.7 Å². The van der Waals surface area contributed by atoms with Gasteiger partial charge in [-0.15, -0.1) is 0 Å². The van der Waals surface area contributed by atoms with Crippen molar-refractivity contribution in [2.75, 3.05) is 19.8 Å². The summed E-state index contributed by atoms with van der Waals surface area (Å²) in [6.07, 6.45) is 18.3. The molecule has 0 aromatic rings. The smallest absolute Gasteiger partial charge is 0.328 e. The number of primary amides is 1. The van der Waals surface area contributed by atoms with E-state index >= 15 is 0 Å². The van der Waals surface area contributed by atoms with Crippen LogP contribution in [0.4, 0.5) is 0 Å². The minimum Gasteiger partial charge on any atom is -0.461 e. The van der Waals surface area contributed by atoms with Gasteiger partial charge in [-0.3, -0.25) is 28.8 Å². The zero-order chi connectivity index (χ0) is 58.3. The number of hydrogen-bond donors (Lipinski definition) is 9. The normalized spacial score (nSPS) is 20.0. The van der Waals surface area contributed by atoms with Gasteiger partial charge in [-0.1, -0.05) is 168 Å². The van der Waals surface area contributed by atoms with E-state index in [0.29, 0.717) is 12.8 Å². The molecule has 21 nitrogen and oxygen atoms in total. The zero-order valence-corrected chi connectivity index (χ0v) is 48.5. The summed E-state index contributed by atoms with van der Waals surface area (Å²) in [5, 5.41) is 48.5. The van der Waals surface area contributed by atoms with E-state index in [2.05, 4.69) is 29.8 Å². The number of aliphatic hydroxyl groups excluding tert-OH is 4. The lowest BCUT2D eigenvalue weighted by atomic mass is 9.89. The summed E-state index contributed by atoms with van der Waals surface area (Å²) in [5.41, 5.74) is 10.1. The first kappa shape index (κ1) is 72.0. The van der Waals surface area contributed by atoms with Gasteiger partial charge in [-0.05, 0) is 40.0 Å². The zero-order valence-electron chi connectivity index (χ0n) is 48.5. The van der Waals surface area contributed by atoms with Gasteiger partial charge >= 0.3 is 17.9 Å². The second kappa shape index (κ2) is 42.8. The molecule has 0 bridgehead atoms. The molecule has 0 radical (unpaired) electrons. The third kappa shape index (κ3) is 31.1. The van der Waals surface area contributed by atoms with Gasteiger partial charge in [-0.2, -0.15) is 0 Å². The number of rotatable bonds is 47. The highest BCUT2D eigenvalue weighted by molar-refractivity contribution is 5.92. The highest BCUT2D eigenvalue weighted by Crippen LogP contribution is 2.25. The van der Waals surface area contributed by atoms with E-state index in [0.717, 1.165) is 51.4 Å². The van der Waals surface area contributed by atoms with Crippen LogP contribution in [0.15, 0.2) is 0 Å². The number of carbonyl (C=O) groups is 7. The fraction of sp³-hybridized carbons (Fsp3) is 0.877. The molecule has 0 spiro atoms. The van der Waals surface area contributed by atoms with Crippen LogP contribution < -0.4 is 27.4 Å². The van der Waals surface area contributed by atoms with Crippen LogP contribution >= 0.6 is 0 Å². The number of amides is 4. The molecular formula is C57H105N5O16. The molecule has 0 aliphatic carbocycles. The van der Waals surface area contributed by atoms with Crippen LogP contribution in [0, 0.1) is 0 Å². The van der Waals surface area contributed by atoms with Crippen molar-refractivity contribution in [2.45, 2.75) is 301 Å². The minimum atomic E-state index is -2.21. The number of aliphatic hydroxyl groups is 4. The van der Waals surface area contributed by atoms with Gasteiger partial charge < -0.3 is 71.5 Å². The first-order chi connectivity index (χ1) is 37.2. The van der Waals surface area contributed by atoms with E-state index in [-0.39, 0.29) is 19.3 Å². The molecule has 2 unspecified atom stereocenters. The Hall–Kier alpha value is -3.99. The maximum Gasteiger partial charge on any atom is 0.328 e. The van der Waals surface area contributed by atoms with Gasteiger partial charge in [0.15, 0.2) is 18.5 Å². The lowest BCUT2D eigenvalue weighted by Crippen LogP contribution is -2.66. The minimum absolute atomic E-state index is 0.0214. The first-order valence-electron chi connectivity index (χ1n) is 29.6. The summed E-state index contributed by atoms with van der Waals surface area (Å²) in [7, 11) is 0. The Morgan fingerprint density at radius 3 is 1.53 bits per heavy atom. The molecule has 0 saturated carbocycles. The van der Waals surface area contributed by atoms with Crippen molar-refractivity contribution >= 4 is 41.5 Å². The van der Waals surface area contributed by atoms with Gasteiger partial charge in [0.2, 0.25) is 23.6 Å². The molecule has 1 heterocycles. The third-order valence-electron chi connectivity index (χ3n) is 14.2. The van der Waals surface area contributed by atoms with Gasteiger partial charge in [0.05, 0.1) is 19.3 Å². The number of ether oxygens (including phenoxy) is 5. The Kier molecular flexibility index (Phi) is 39.6. The second-order valence-corrected chi connectivity index (χ2v) is 21.7. The number of carbonyl (C=O) groups excluding carboxylic acids is 7. The monoisotopic (exact) mass is 1120 g/mol. The van der Waals surface area contributed by atoms with Gasteiger partial charge in [-0.25, -0.2) is 4.79 Å². The van der Waals surface area contributed by atoms with E-state index < -0.39 is 134 Å². The number of nitrogens with one attached hydrogen (secondary N) is 3. The Balaban J connectivity index is 2.90. The Morgan fingerprint density at radius 2 is 1.10 bits per heavy atom. The largest absolute Gasteiger partial charge is 0.461 e. The van der Waals surface area contributed by atoms with E-state index in [1.54, 1.807) is 0 Å². The second-order valence-electron chi connectivity index (χ2n) is 21.7. The van der Waals surface area contributed by atoms with Crippen LogP contribution in [0.25, 0.3) is 0 Å². The summed E-state index contributed by atoms with van der Waals surface area (Å²) in [6, 6.07) is -3.94. The quantitative estimate of drug-likeness (QED) is 0.0203. The van der Waals surface area contributed by atoms with E-state index in [4.69, 9.17) is 35.2 Å². The van der Waals surface area contributed by atoms with Crippen molar-refractivity contribution in [3.05, 3.63) is 0 Å². The fourth-order valence-corrected chi connectivity index (χ4v) is 9.43. The number of nitrogens with two attached hydrogens (primary N) is 2. The SMILES string of the molecule is CCCCCCCCCCCCCCCC(=O)OC([C@H](CO)OC(=O)CCCCCCCCCCCCCCC)[C@@](C)(N)C(=O)N[C@H](CCC(=O)N[C@@H](C)C(=O)OCC(C)O[C@H]1[C@H](O)[C@@H](CO)O[C@H](O)[C@@H]1NC(C)=O)C(N)=O. The summed E-state index contributed by atoms with van der Waals surface area (Å²) >= 11 is 0. The van der Waals surface area contributed by atoms with Crippen molar-refractivity contribution in [3.8, 4) is 0 Å². The summed E-state index contributed by atoms with van der Waals surface area (Å²) in [5.74, 6) is -5.67. The number of esters is 3. The molecule has 21 heteroatoms. The van der Waals surface area contributed by atoms with Gasteiger partial charge in [0.1, 0.15) is 48.6 Å². The Labute approximate surface area is 465 Å². The van der Waals surface area contributed by atoms with Crippen LogP contribution in [-0.4, -0.2) is 148 Å². The Morgan fingerprint density at radius 1 is 0.654 bits per heavy atom. The van der Waals surface area contributed by atoms with Crippen molar-refractivity contribution in [2.24, 2.45) is 11.5 Å². The molecule has 4 amide bonds. The molecule has 454 valence electrons. The van der Waals surface area contributed by atoms with Crippen molar-refractivity contribution in [1.29, 1.82) is 0 Å². The van der Waals surface area contributed by atoms with Crippen LogP contribution in [-0.2, 0) is 57.2 Å². The lowest BCUT2D eigenvalue weighted by Gasteiger charge is -2.43. The molecule has 1 aliphatic heterocycles. The molecule has 0 aromatic heterocycles. The molecule has 1 aliphatic rings. The molecule has 1 saturated heterocycles. The number of unbranched alkanes of at least 4 members (excludes halogenated alkanes) is 24. The van der Waals surface area contributed by atoms with Crippen LogP contribution in [0.5, 0.6) is 0 Å². The van der Waals surface area contributed by atoms with E-state index in [9.17, 15) is 54.0 Å². The standard InChI is InChI=1S/C57H105N5O16/c1-7-9-11-13-15-17-19-21-23-25-27-29-31-33-47(67)76-45(38-64)52(78-48(68)34-32-30-28-26-24-22-20-18-16-14-12-10-8-2)57(6,59)56(73)62-43(53(58)70)35-36-46(66)60-41(4)54(71)74-39-40(3)75-51-49(61-42(5)65)55(72)77-44(37-63)50(51)69/h40-41,43-45,49-52,55,63-64,69,72H,7-39,59H2,1-6H3,(H2,58,70)(H,60,66)(H,61,65)(H,62,73)/t40?,41-,43+,44+,45-,49+,50+,51+,52?,55-,57+/m0/s1. The summed E-state index contributed by atoms with van der Waals surface area (Å²) in [6.45, 7) is 7.74. The molecule has 11 atom stereocenters. The molecule has 11 N–H and O–H groups in total. The average molecular weight is 1120 g/mol. The van der Waals surface area contributed by atoms with Gasteiger partial charge in [0.25, 0.3) is 0 Å². The average Bonchev–Trinajstić information content (AvgIpc) is 3.39. The predicted molar refractivity (Wildman–Crippen MR) is 295 cm³/mol. The molecule has 0 aromatic carbocycles.